The first kappa shape index (κ1) is 12.4. The van der Waals surface area contributed by atoms with E-state index in [4.69, 9.17) is 0 Å². The second kappa shape index (κ2) is 4.30. The molecule has 1 heteroatoms. The van der Waals surface area contributed by atoms with Gasteiger partial charge in [-0.05, 0) is 35.3 Å². The minimum absolute atomic E-state index is 0.00282. The summed E-state index contributed by atoms with van der Waals surface area (Å²) in [5.41, 5.74) is 5.10. The van der Waals surface area contributed by atoms with Gasteiger partial charge in [0, 0.05) is 9.89 Å². The van der Waals surface area contributed by atoms with E-state index in [1.807, 2.05) is 13.0 Å². The molecule has 0 amide bonds. The van der Waals surface area contributed by atoms with Gasteiger partial charge >= 0.3 is 0 Å². The first-order valence-electron chi connectivity index (χ1n) is 5.82. The number of allylic oxidation sites excluding steroid dienone is 5. The lowest BCUT2D eigenvalue weighted by Crippen LogP contribution is -2.14. The molecule has 1 aromatic carbocycles. The van der Waals surface area contributed by atoms with Crippen LogP contribution in [0.15, 0.2) is 53.1 Å². The zero-order chi connectivity index (χ0) is 12.6. The van der Waals surface area contributed by atoms with Crippen LogP contribution in [0.25, 0.3) is 5.57 Å². The molecule has 0 atom stereocenters. The van der Waals surface area contributed by atoms with Crippen molar-refractivity contribution in [3.05, 3.63) is 64.2 Å². The van der Waals surface area contributed by atoms with Gasteiger partial charge in [0.1, 0.15) is 0 Å². The number of halogens is 1. The lowest BCUT2D eigenvalue weighted by Gasteiger charge is -2.21. The van der Waals surface area contributed by atoms with Crippen LogP contribution in [0.1, 0.15) is 31.9 Å². The van der Waals surface area contributed by atoms with E-state index in [9.17, 15) is 0 Å². The first-order chi connectivity index (χ1) is 8.00. The molecular formula is C16H17Br. The zero-order valence-electron chi connectivity index (χ0n) is 10.5. The molecule has 0 aromatic heterocycles. The Balaban J connectivity index is 2.72. The third-order valence-electron chi connectivity index (χ3n) is 3.46. The van der Waals surface area contributed by atoms with Gasteiger partial charge in [0.05, 0.1) is 0 Å². The van der Waals surface area contributed by atoms with Crippen molar-refractivity contribution in [2.45, 2.75) is 26.2 Å². The minimum Gasteiger partial charge on any atom is -0.0943 e. The summed E-state index contributed by atoms with van der Waals surface area (Å²) in [6.45, 7) is 10.8. The van der Waals surface area contributed by atoms with Gasteiger partial charge in [-0.3, -0.25) is 0 Å². The number of hydrogen-bond acceptors (Lipinski definition) is 0. The van der Waals surface area contributed by atoms with Gasteiger partial charge in [-0.25, -0.2) is 0 Å². The summed E-state index contributed by atoms with van der Waals surface area (Å²) in [4.78, 5) is 0. The fraction of sp³-hybridized carbons (Fsp3) is 0.250. The topological polar surface area (TPSA) is 0 Å². The molecular weight excluding hydrogens is 272 g/mol. The quantitative estimate of drug-likeness (QED) is 0.662. The molecule has 2 rings (SSSR count). The predicted molar refractivity (Wildman–Crippen MR) is 79.1 cm³/mol. The van der Waals surface area contributed by atoms with Crippen LogP contribution in [0.3, 0.4) is 0 Å². The van der Waals surface area contributed by atoms with Gasteiger partial charge in [0.15, 0.2) is 0 Å². The Labute approximate surface area is 112 Å². The van der Waals surface area contributed by atoms with E-state index in [1.165, 1.54) is 26.7 Å². The number of fused-ring (bicyclic) bond motifs is 1. The normalized spacial score (nSPS) is 20.2. The van der Waals surface area contributed by atoms with E-state index in [2.05, 4.69) is 66.7 Å². The van der Waals surface area contributed by atoms with Crippen molar-refractivity contribution in [2.24, 2.45) is 0 Å². The van der Waals surface area contributed by atoms with E-state index in [1.54, 1.807) is 0 Å². The highest BCUT2D eigenvalue weighted by molar-refractivity contribution is 9.10. The number of benzene rings is 1. The summed E-state index contributed by atoms with van der Waals surface area (Å²) < 4.78 is 1.17. The van der Waals surface area contributed by atoms with Crippen LogP contribution in [-0.4, -0.2) is 0 Å². The van der Waals surface area contributed by atoms with E-state index in [0.717, 1.165) is 0 Å². The maximum Gasteiger partial charge on any atom is 0.0222 e. The molecule has 0 N–H and O–H groups in total. The van der Waals surface area contributed by atoms with Crippen LogP contribution < -0.4 is 0 Å². The third kappa shape index (κ3) is 1.83. The maximum atomic E-state index is 4.27. The molecule has 1 aromatic rings. The summed E-state index contributed by atoms with van der Waals surface area (Å²) in [5.74, 6) is 0. The Morgan fingerprint density at radius 2 is 2.00 bits per heavy atom. The summed E-state index contributed by atoms with van der Waals surface area (Å²) in [6, 6.07) is 6.36. The molecule has 0 saturated heterocycles. The average molecular weight is 289 g/mol. The standard InChI is InChI=1S/C16H17Br/c1-5-6-8-12-11(2)16(3,4)15-13(12)9-7-10-14(15)17/h5-10H,2H2,1,3-4H3/b6-5-,12-8+. The molecule has 1 aliphatic carbocycles. The Morgan fingerprint density at radius 1 is 1.29 bits per heavy atom. The van der Waals surface area contributed by atoms with Crippen molar-refractivity contribution < 1.29 is 0 Å². The highest BCUT2D eigenvalue weighted by Gasteiger charge is 2.37. The van der Waals surface area contributed by atoms with Crippen LogP contribution in [-0.2, 0) is 5.41 Å². The second-order valence-corrected chi connectivity index (χ2v) is 5.73. The highest BCUT2D eigenvalue weighted by Crippen LogP contribution is 2.51. The van der Waals surface area contributed by atoms with Crippen LogP contribution in [0.5, 0.6) is 0 Å². The molecule has 17 heavy (non-hydrogen) atoms. The lowest BCUT2D eigenvalue weighted by molar-refractivity contribution is 0.659. The fourth-order valence-corrected chi connectivity index (χ4v) is 3.28. The van der Waals surface area contributed by atoms with Gasteiger partial charge in [-0.15, -0.1) is 0 Å². The maximum absolute atomic E-state index is 4.27. The van der Waals surface area contributed by atoms with E-state index >= 15 is 0 Å². The molecule has 0 heterocycles. The molecule has 0 spiro atoms. The predicted octanol–water partition coefficient (Wildman–Crippen LogP) is 5.26. The van der Waals surface area contributed by atoms with Crippen molar-refractivity contribution in [1.29, 1.82) is 0 Å². The molecule has 0 bridgehead atoms. The van der Waals surface area contributed by atoms with E-state index < -0.39 is 0 Å². The van der Waals surface area contributed by atoms with Crippen LogP contribution in [0, 0.1) is 0 Å². The molecule has 88 valence electrons. The zero-order valence-corrected chi connectivity index (χ0v) is 12.1. The average Bonchev–Trinajstić information content (AvgIpc) is 2.47. The van der Waals surface area contributed by atoms with Crippen molar-refractivity contribution in [3.63, 3.8) is 0 Å². The number of rotatable bonds is 1. The van der Waals surface area contributed by atoms with Crippen LogP contribution in [0.2, 0.25) is 0 Å². The van der Waals surface area contributed by atoms with Gasteiger partial charge in [0.25, 0.3) is 0 Å². The monoisotopic (exact) mass is 288 g/mol. The highest BCUT2D eigenvalue weighted by atomic mass is 79.9. The summed E-state index contributed by atoms with van der Waals surface area (Å²) in [6.07, 6.45) is 6.28. The van der Waals surface area contributed by atoms with Gasteiger partial charge < -0.3 is 0 Å². The Hall–Kier alpha value is -1.08. The largest absolute Gasteiger partial charge is 0.0943 e. The molecule has 0 aliphatic heterocycles. The fourth-order valence-electron chi connectivity index (χ4n) is 2.42. The molecule has 0 nitrogen and oxygen atoms in total. The van der Waals surface area contributed by atoms with Crippen molar-refractivity contribution in [3.8, 4) is 0 Å². The smallest absolute Gasteiger partial charge is 0.0222 e. The van der Waals surface area contributed by atoms with Gasteiger partial charge in [-0.1, -0.05) is 66.7 Å². The Kier molecular flexibility index (Phi) is 3.13. The third-order valence-corrected chi connectivity index (χ3v) is 4.12. The summed E-state index contributed by atoms with van der Waals surface area (Å²) in [5, 5.41) is 0. The van der Waals surface area contributed by atoms with Crippen molar-refractivity contribution >= 4 is 21.5 Å². The summed E-state index contributed by atoms with van der Waals surface area (Å²) >= 11 is 3.66. The molecule has 0 saturated carbocycles. The molecule has 0 fully saturated rings. The summed E-state index contributed by atoms with van der Waals surface area (Å²) in [7, 11) is 0. The Morgan fingerprint density at radius 3 is 2.65 bits per heavy atom. The first-order valence-corrected chi connectivity index (χ1v) is 6.61. The van der Waals surface area contributed by atoms with Crippen molar-refractivity contribution in [1.82, 2.24) is 0 Å². The van der Waals surface area contributed by atoms with Gasteiger partial charge in [-0.2, -0.15) is 0 Å². The van der Waals surface area contributed by atoms with E-state index in [-0.39, 0.29) is 5.41 Å². The van der Waals surface area contributed by atoms with E-state index in [0.29, 0.717) is 0 Å². The molecule has 0 unspecified atom stereocenters. The SMILES string of the molecule is C=C1/C(=C\C=C/C)c2cccc(Br)c2C1(C)C. The second-order valence-electron chi connectivity index (χ2n) is 4.87. The number of hydrogen-bond donors (Lipinski definition) is 0. The molecule has 0 radical (unpaired) electrons. The van der Waals surface area contributed by atoms with Crippen LogP contribution in [0.4, 0.5) is 0 Å². The Bertz CT molecular complexity index is 530. The molecule has 1 aliphatic rings. The minimum atomic E-state index is 0.00282. The lowest BCUT2D eigenvalue weighted by atomic mass is 9.83. The van der Waals surface area contributed by atoms with Crippen molar-refractivity contribution in [2.75, 3.05) is 0 Å². The van der Waals surface area contributed by atoms with Gasteiger partial charge in [0.2, 0.25) is 0 Å². The van der Waals surface area contributed by atoms with Crippen LogP contribution >= 0.6 is 15.9 Å².